The van der Waals surface area contributed by atoms with Crippen molar-refractivity contribution in [3.05, 3.63) is 114 Å². The van der Waals surface area contributed by atoms with E-state index < -0.39 is 12.2 Å². The molecule has 6 rings (SSSR count). The highest BCUT2D eigenvalue weighted by Crippen LogP contribution is 2.30. The van der Waals surface area contributed by atoms with E-state index in [2.05, 4.69) is 5.32 Å². The minimum Gasteiger partial charge on any atom is -0.508 e. The number of fused-ring (bicyclic) bond motifs is 2. The number of urea groups is 1. The number of rotatable bonds is 6. The van der Waals surface area contributed by atoms with Crippen molar-refractivity contribution in [1.82, 2.24) is 25.1 Å². The molecule has 2 heterocycles. The Morgan fingerprint density at radius 2 is 1.63 bits per heavy atom. The molecule has 0 saturated carbocycles. The summed E-state index contributed by atoms with van der Waals surface area (Å²) in [5.74, 6) is -0.261. The summed E-state index contributed by atoms with van der Waals surface area (Å²) < 4.78 is 0. The molecule has 2 saturated heterocycles. The Morgan fingerprint density at radius 1 is 0.930 bits per heavy atom. The first-order valence-corrected chi connectivity index (χ1v) is 14.5. The van der Waals surface area contributed by atoms with Crippen LogP contribution < -0.4 is 5.32 Å². The SMILES string of the molecule is C[C@H](NC(=O)N1C2CN(Cc3cccc4ccccc34)C(=O)[C@H](Cc3ccc(O)cc3)N2C(=O)CN1C)c1ccccc1. The van der Waals surface area contributed by atoms with Crippen molar-refractivity contribution < 1.29 is 19.5 Å². The lowest BCUT2D eigenvalue weighted by molar-refractivity contribution is -0.187. The second kappa shape index (κ2) is 11.8. The van der Waals surface area contributed by atoms with Crippen LogP contribution >= 0.6 is 0 Å². The second-order valence-corrected chi connectivity index (χ2v) is 11.3. The van der Waals surface area contributed by atoms with E-state index in [0.29, 0.717) is 6.54 Å². The molecule has 3 atom stereocenters. The zero-order valence-corrected chi connectivity index (χ0v) is 24.3. The van der Waals surface area contributed by atoms with E-state index in [1.165, 1.54) is 0 Å². The molecule has 4 amide bonds. The van der Waals surface area contributed by atoms with Gasteiger partial charge in [-0.05, 0) is 46.5 Å². The van der Waals surface area contributed by atoms with E-state index in [-0.39, 0.29) is 49.1 Å². The van der Waals surface area contributed by atoms with E-state index in [4.69, 9.17) is 0 Å². The summed E-state index contributed by atoms with van der Waals surface area (Å²) in [5, 5.41) is 18.3. The number of hydrogen-bond acceptors (Lipinski definition) is 5. The third-order valence-electron chi connectivity index (χ3n) is 8.39. The number of phenolic OH excluding ortho intramolecular Hbond substituents is 1. The van der Waals surface area contributed by atoms with Crippen molar-refractivity contribution in [2.24, 2.45) is 0 Å². The van der Waals surface area contributed by atoms with Crippen molar-refractivity contribution in [3.8, 4) is 5.75 Å². The van der Waals surface area contributed by atoms with Gasteiger partial charge in [-0.15, -0.1) is 0 Å². The number of hydrazine groups is 1. The summed E-state index contributed by atoms with van der Waals surface area (Å²) in [5.41, 5.74) is 2.76. The number of phenols is 1. The van der Waals surface area contributed by atoms with Crippen molar-refractivity contribution in [2.75, 3.05) is 20.1 Å². The third kappa shape index (κ3) is 5.63. The van der Waals surface area contributed by atoms with Crippen LogP contribution in [0.3, 0.4) is 0 Å². The molecule has 0 radical (unpaired) electrons. The number of benzene rings is 4. The molecule has 1 unspecified atom stereocenters. The van der Waals surface area contributed by atoms with Gasteiger partial charge in [0.1, 0.15) is 18.0 Å². The highest BCUT2D eigenvalue weighted by molar-refractivity contribution is 5.92. The Kier molecular flexibility index (Phi) is 7.73. The zero-order valence-electron chi connectivity index (χ0n) is 24.3. The molecule has 0 aliphatic carbocycles. The first-order valence-electron chi connectivity index (χ1n) is 14.5. The van der Waals surface area contributed by atoms with Crippen LogP contribution in [-0.2, 0) is 22.6 Å². The number of nitrogens with one attached hydrogen (secondary N) is 1. The van der Waals surface area contributed by atoms with Crippen LogP contribution in [0.5, 0.6) is 5.75 Å². The summed E-state index contributed by atoms with van der Waals surface area (Å²) in [6.45, 7) is 2.39. The maximum atomic E-state index is 14.2. The largest absolute Gasteiger partial charge is 0.508 e. The van der Waals surface area contributed by atoms with Gasteiger partial charge in [-0.2, -0.15) is 0 Å². The summed E-state index contributed by atoms with van der Waals surface area (Å²) in [6, 6.07) is 29.0. The van der Waals surface area contributed by atoms with Crippen LogP contribution in [-0.4, -0.2) is 75.1 Å². The van der Waals surface area contributed by atoms with Gasteiger partial charge in [0.05, 0.1) is 19.1 Å². The van der Waals surface area contributed by atoms with Gasteiger partial charge >= 0.3 is 6.03 Å². The van der Waals surface area contributed by atoms with E-state index in [0.717, 1.165) is 27.5 Å². The predicted octanol–water partition coefficient (Wildman–Crippen LogP) is 4.29. The number of nitrogens with zero attached hydrogens (tertiary/aromatic N) is 4. The lowest BCUT2D eigenvalue weighted by Gasteiger charge is -2.54. The summed E-state index contributed by atoms with van der Waals surface area (Å²) >= 11 is 0. The zero-order chi connectivity index (χ0) is 30.1. The van der Waals surface area contributed by atoms with E-state index in [1.807, 2.05) is 79.7 Å². The standard InChI is InChI=1S/C34H35N5O4/c1-23(25-9-4-3-5-10-25)35-34(43)39-31-21-37(20-27-13-8-12-26-11-6-7-14-29(26)27)33(42)30(38(31)32(41)22-36(39)2)19-24-15-17-28(40)18-16-24/h3-18,23,30-31,40H,19-22H2,1-2H3,(H,35,43)/t23-,30-,31?/m0/s1. The monoisotopic (exact) mass is 577 g/mol. The van der Waals surface area contributed by atoms with Gasteiger partial charge in [0.15, 0.2) is 0 Å². The number of hydrogen-bond donors (Lipinski definition) is 2. The predicted molar refractivity (Wildman–Crippen MR) is 163 cm³/mol. The molecule has 9 heteroatoms. The number of aromatic hydroxyl groups is 1. The number of piperazine rings is 1. The van der Waals surface area contributed by atoms with Crippen molar-refractivity contribution in [1.29, 1.82) is 0 Å². The van der Waals surface area contributed by atoms with Gasteiger partial charge in [-0.1, -0.05) is 84.9 Å². The average Bonchev–Trinajstić information content (AvgIpc) is 3.00. The Morgan fingerprint density at radius 3 is 2.40 bits per heavy atom. The van der Waals surface area contributed by atoms with E-state index in [1.54, 1.807) is 51.1 Å². The molecular weight excluding hydrogens is 542 g/mol. The van der Waals surface area contributed by atoms with Crippen LogP contribution in [0.25, 0.3) is 10.8 Å². The second-order valence-electron chi connectivity index (χ2n) is 11.3. The Bertz CT molecular complexity index is 1640. The Balaban J connectivity index is 1.35. The highest BCUT2D eigenvalue weighted by Gasteiger charge is 2.50. The molecule has 43 heavy (non-hydrogen) atoms. The van der Waals surface area contributed by atoms with Gasteiger partial charge in [0.25, 0.3) is 0 Å². The Labute approximate surface area is 250 Å². The maximum Gasteiger partial charge on any atom is 0.334 e. The quantitative estimate of drug-likeness (QED) is 0.357. The van der Waals surface area contributed by atoms with Crippen LogP contribution in [0.15, 0.2) is 97.1 Å². The highest BCUT2D eigenvalue weighted by atomic mass is 16.3. The molecule has 2 aliphatic heterocycles. The minimum absolute atomic E-state index is 0.0354. The summed E-state index contributed by atoms with van der Waals surface area (Å²) in [6.07, 6.45) is -0.448. The lowest BCUT2D eigenvalue weighted by atomic mass is 9.97. The number of amides is 4. The molecule has 2 N–H and O–H groups in total. The van der Waals surface area contributed by atoms with Crippen LogP contribution in [0, 0.1) is 0 Å². The first-order chi connectivity index (χ1) is 20.8. The number of carbonyl (C=O) groups is 3. The molecule has 2 aliphatic rings. The molecule has 9 nitrogen and oxygen atoms in total. The number of likely N-dealkylation sites (N-methyl/N-ethyl adjacent to an activating group) is 1. The molecule has 0 bridgehead atoms. The van der Waals surface area contributed by atoms with Crippen LogP contribution in [0.4, 0.5) is 4.79 Å². The fourth-order valence-electron chi connectivity index (χ4n) is 6.22. The van der Waals surface area contributed by atoms with Gasteiger partial charge in [0.2, 0.25) is 11.8 Å². The molecule has 0 aromatic heterocycles. The smallest absolute Gasteiger partial charge is 0.334 e. The molecular formula is C34H35N5O4. The fraction of sp³-hybridized carbons (Fsp3) is 0.265. The van der Waals surface area contributed by atoms with Gasteiger partial charge in [-0.25, -0.2) is 14.8 Å². The van der Waals surface area contributed by atoms with E-state index >= 15 is 0 Å². The molecule has 4 aromatic rings. The summed E-state index contributed by atoms with van der Waals surface area (Å²) in [7, 11) is 1.72. The Hall–Kier alpha value is -4.89. The normalized spacial score (nSPS) is 19.8. The molecule has 0 spiro atoms. The van der Waals surface area contributed by atoms with Crippen LogP contribution in [0.1, 0.15) is 29.7 Å². The third-order valence-corrected chi connectivity index (χ3v) is 8.39. The lowest BCUT2D eigenvalue weighted by Crippen LogP contribution is -2.76. The minimum atomic E-state index is -0.818. The maximum absolute atomic E-state index is 14.2. The van der Waals surface area contributed by atoms with Gasteiger partial charge < -0.3 is 20.2 Å². The molecule has 2 fully saturated rings. The number of carbonyl (C=O) groups excluding carboxylic acids is 3. The topological polar surface area (TPSA) is 96.4 Å². The fourth-order valence-corrected chi connectivity index (χ4v) is 6.22. The van der Waals surface area contributed by atoms with Crippen molar-refractivity contribution >= 4 is 28.6 Å². The van der Waals surface area contributed by atoms with E-state index in [9.17, 15) is 19.5 Å². The molecule has 220 valence electrons. The molecule has 4 aromatic carbocycles. The average molecular weight is 578 g/mol. The van der Waals surface area contributed by atoms with Gasteiger partial charge in [0, 0.05) is 20.0 Å². The van der Waals surface area contributed by atoms with Crippen LogP contribution in [0.2, 0.25) is 0 Å². The van der Waals surface area contributed by atoms with Crippen molar-refractivity contribution in [2.45, 2.75) is 38.1 Å². The summed E-state index contributed by atoms with van der Waals surface area (Å²) in [4.78, 5) is 45.0. The first kappa shape index (κ1) is 28.2. The van der Waals surface area contributed by atoms with Gasteiger partial charge in [-0.3, -0.25) is 9.59 Å². The van der Waals surface area contributed by atoms with Crippen molar-refractivity contribution in [3.63, 3.8) is 0 Å².